The van der Waals surface area contributed by atoms with Crippen LogP contribution in [0.1, 0.15) is 16.1 Å². The minimum atomic E-state index is -0.608. The predicted molar refractivity (Wildman–Crippen MR) is 84.9 cm³/mol. The van der Waals surface area contributed by atoms with Gasteiger partial charge in [0.05, 0.1) is 0 Å². The van der Waals surface area contributed by atoms with Gasteiger partial charge in [-0.15, -0.1) is 0 Å². The van der Waals surface area contributed by atoms with Gasteiger partial charge in [0.1, 0.15) is 5.76 Å². The number of rotatable bonds is 5. The normalized spacial score (nSPS) is 10.8. The third kappa shape index (κ3) is 4.68. The van der Waals surface area contributed by atoms with Gasteiger partial charge in [0.15, 0.2) is 11.3 Å². The Hall–Kier alpha value is -1.66. The van der Waals surface area contributed by atoms with Crippen LogP contribution in [-0.4, -0.2) is 18.4 Å². The van der Waals surface area contributed by atoms with Gasteiger partial charge in [-0.2, -0.15) is 0 Å². The Labute approximate surface area is 138 Å². The van der Waals surface area contributed by atoms with E-state index < -0.39 is 5.97 Å². The summed E-state index contributed by atoms with van der Waals surface area (Å²) in [5, 5.41) is 0. The molecule has 4 nitrogen and oxygen atoms in total. The van der Waals surface area contributed by atoms with Crippen LogP contribution in [0.2, 0.25) is 0 Å². The lowest BCUT2D eigenvalue weighted by Crippen LogP contribution is -2.12. The summed E-state index contributed by atoms with van der Waals surface area (Å²) < 4.78 is 11.3. The number of furan rings is 1. The van der Waals surface area contributed by atoms with Gasteiger partial charge in [-0.25, -0.2) is 4.79 Å². The molecule has 0 radical (unpaired) electrons. The molecule has 0 saturated carbocycles. The number of hydrogen-bond acceptors (Lipinski definition) is 4. The Bertz CT molecular complexity index is 688. The minimum Gasteiger partial charge on any atom is -0.454 e. The molecule has 6 heteroatoms. The largest absolute Gasteiger partial charge is 0.454 e. The molecule has 0 aliphatic rings. The molecular weight excluding hydrogens is 404 g/mol. The Morgan fingerprint density at radius 3 is 2.57 bits per heavy atom. The average molecular weight is 414 g/mol. The summed E-state index contributed by atoms with van der Waals surface area (Å²) in [5.74, 6) is -0.371. The molecular formula is C15H10Br2O4. The van der Waals surface area contributed by atoms with Gasteiger partial charge in [0.25, 0.3) is 0 Å². The quantitative estimate of drug-likeness (QED) is 0.417. The first-order chi connectivity index (χ1) is 10.1. The molecule has 0 amide bonds. The van der Waals surface area contributed by atoms with Crippen molar-refractivity contribution in [1.29, 1.82) is 0 Å². The average Bonchev–Trinajstić information content (AvgIpc) is 2.89. The monoisotopic (exact) mass is 412 g/mol. The fourth-order valence-corrected chi connectivity index (χ4v) is 2.34. The van der Waals surface area contributed by atoms with Gasteiger partial charge >= 0.3 is 5.97 Å². The van der Waals surface area contributed by atoms with Crippen LogP contribution in [0.5, 0.6) is 0 Å². The molecule has 2 rings (SSSR count). The molecule has 0 spiro atoms. The lowest BCUT2D eigenvalue weighted by Gasteiger charge is -2.03. The predicted octanol–water partition coefficient (Wildman–Crippen LogP) is 4.24. The number of carbonyl (C=O) groups is 2. The third-order valence-corrected chi connectivity index (χ3v) is 3.62. The van der Waals surface area contributed by atoms with E-state index in [9.17, 15) is 9.59 Å². The highest BCUT2D eigenvalue weighted by Gasteiger charge is 2.11. The summed E-state index contributed by atoms with van der Waals surface area (Å²) >= 11 is 6.43. The van der Waals surface area contributed by atoms with E-state index in [-0.39, 0.29) is 12.4 Å². The molecule has 0 aliphatic carbocycles. The number of benzene rings is 1. The van der Waals surface area contributed by atoms with Crippen molar-refractivity contribution in [1.82, 2.24) is 0 Å². The summed E-state index contributed by atoms with van der Waals surface area (Å²) in [5.41, 5.74) is 0.476. The SMILES string of the molecule is O=C(/C=C/c1ccc(Br)o1)OCC(=O)c1ccccc1Br. The van der Waals surface area contributed by atoms with E-state index in [2.05, 4.69) is 31.9 Å². The first-order valence-electron chi connectivity index (χ1n) is 5.94. The molecule has 1 aromatic carbocycles. The standard InChI is InChI=1S/C15H10Br2O4/c16-12-4-2-1-3-11(12)13(18)9-20-15(19)8-6-10-5-7-14(17)21-10/h1-8H,9H2/b8-6+. The van der Waals surface area contributed by atoms with E-state index in [0.717, 1.165) is 0 Å². The topological polar surface area (TPSA) is 56.5 Å². The van der Waals surface area contributed by atoms with Gasteiger partial charge in [-0.3, -0.25) is 4.79 Å². The van der Waals surface area contributed by atoms with Gasteiger partial charge in [0.2, 0.25) is 5.78 Å². The van der Waals surface area contributed by atoms with Crippen LogP contribution in [0.15, 0.2) is 56.0 Å². The number of Topliss-reactive ketones (excluding diaryl/α,β-unsaturated/α-hetero) is 1. The Morgan fingerprint density at radius 1 is 1.14 bits per heavy atom. The first-order valence-corrected chi connectivity index (χ1v) is 7.53. The Morgan fingerprint density at radius 2 is 1.90 bits per heavy atom. The summed E-state index contributed by atoms with van der Waals surface area (Å²) in [6, 6.07) is 10.4. The molecule has 0 atom stereocenters. The third-order valence-electron chi connectivity index (χ3n) is 2.50. The second-order valence-electron chi connectivity index (χ2n) is 3.99. The number of esters is 1. The lowest BCUT2D eigenvalue weighted by atomic mass is 10.1. The highest BCUT2D eigenvalue weighted by Crippen LogP contribution is 2.17. The zero-order valence-electron chi connectivity index (χ0n) is 10.7. The molecule has 0 N–H and O–H groups in total. The second-order valence-corrected chi connectivity index (χ2v) is 5.62. The number of hydrogen-bond donors (Lipinski definition) is 0. The molecule has 108 valence electrons. The number of ketones is 1. The summed E-state index contributed by atoms with van der Waals surface area (Å²) in [6.45, 7) is -0.312. The van der Waals surface area contributed by atoms with E-state index in [1.165, 1.54) is 12.2 Å². The van der Waals surface area contributed by atoms with Crippen LogP contribution >= 0.6 is 31.9 Å². The smallest absolute Gasteiger partial charge is 0.331 e. The van der Waals surface area contributed by atoms with Crippen LogP contribution in [-0.2, 0) is 9.53 Å². The Kier molecular flexibility index (Phi) is 5.52. The van der Waals surface area contributed by atoms with Crippen molar-refractivity contribution in [2.75, 3.05) is 6.61 Å². The summed E-state index contributed by atoms with van der Waals surface area (Å²) in [7, 11) is 0. The molecule has 0 fully saturated rings. The van der Waals surface area contributed by atoms with E-state index in [4.69, 9.17) is 9.15 Å². The molecule has 0 saturated heterocycles. The van der Waals surface area contributed by atoms with Crippen LogP contribution in [0.3, 0.4) is 0 Å². The molecule has 1 aromatic heterocycles. The molecule has 0 unspecified atom stereocenters. The van der Waals surface area contributed by atoms with E-state index >= 15 is 0 Å². The van der Waals surface area contributed by atoms with Gasteiger partial charge in [-0.05, 0) is 40.2 Å². The van der Waals surface area contributed by atoms with Crippen molar-refractivity contribution >= 4 is 49.7 Å². The maximum Gasteiger partial charge on any atom is 0.331 e. The molecule has 2 aromatic rings. The number of halogens is 2. The van der Waals surface area contributed by atoms with Crippen molar-refractivity contribution in [2.45, 2.75) is 0 Å². The molecule has 0 aliphatic heterocycles. The van der Waals surface area contributed by atoms with Crippen molar-refractivity contribution in [3.63, 3.8) is 0 Å². The zero-order valence-corrected chi connectivity index (χ0v) is 13.9. The number of ether oxygens (including phenoxy) is 1. The maximum absolute atomic E-state index is 11.9. The van der Waals surface area contributed by atoms with Crippen LogP contribution in [0.4, 0.5) is 0 Å². The van der Waals surface area contributed by atoms with E-state index in [0.29, 0.717) is 20.5 Å². The van der Waals surface area contributed by atoms with Gasteiger partial charge < -0.3 is 9.15 Å². The van der Waals surface area contributed by atoms with Crippen molar-refractivity contribution < 1.29 is 18.7 Å². The van der Waals surface area contributed by atoms with Crippen molar-refractivity contribution in [3.8, 4) is 0 Å². The maximum atomic E-state index is 11.9. The summed E-state index contributed by atoms with van der Waals surface area (Å²) in [6.07, 6.45) is 2.68. The second kappa shape index (κ2) is 7.38. The van der Waals surface area contributed by atoms with Crippen LogP contribution in [0, 0.1) is 0 Å². The van der Waals surface area contributed by atoms with Gasteiger partial charge in [0, 0.05) is 16.1 Å². The van der Waals surface area contributed by atoms with Crippen LogP contribution in [0.25, 0.3) is 6.08 Å². The first kappa shape index (κ1) is 15.7. The van der Waals surface area contributed by atoms with Crippen molar-refractivity contribution in [3.05, 3.63) is 62.9 Å². The molecule has 21 heavy (non-hydrogen) atoms. The summed E-state index contributed by atoms with van der Waals surface area (Å²) in [4.78, 5) is 23.4. The minimum absolute atomic E-state index is 0.273. The highest BCUT2D eigenvalue weighted by molar-refractivity contribution is 9.10. The van der Waals surface area contributed by atoms with Crippen LogP contribution < -0.4 is 0 Å². The highest BCUT2D eigenvalue weighted by atomic mass is 79.9. The number of carbonyl (C=O) groups excluding carboxylic acids is 2. The van der Waals surface area contributed by atoms with E-state index in [1.807, 2.05) is 0 Å². The zero-order chi connectivity index (χ0) is 15.2. The fraction of sp³-hybridized carbons (Fsp3) is 0.0667. The lowest BCUT2D eigenvalue weighted by molar-refractivity contribution is -0.136. The Balaban J connectivity index is 1.88. The van der Waals surface area contributed by atoms with E-state index in [1.54, 1.807) is 36.4 Å². The fourth-order valence-electron chi connectivity index (χ4n) is 1.52. The van der Waals surface area contributed by atoms with Crippen molar-refractivity contribution in [2.24, 2.45) is 0 Å². The molecule has 0 bridgehead atoms. The molecule has 1 heterocycles. The van der Waals surface area contributed by atoms with Gasteiger partial charge in [-0.1, -0.05) is 34.1 Å².